The van der Waals surface area contributed by atoms with Crippen molar-refractivity contribution in [1.82, 2.24) is 14.5 Å². The number of fused-ring (bicyclic) bond motifs is 1. The first-order valence-corrected chi connectivity index (χ1v) is 11.4. The molecule has 0 saturated carbocycles. The van der Waals surface area contributed by atoms with E-state index in [0.29, 0.717) is 35.9 Å². The second-order valence-electron chi connectivity index (χ2n) is 7.12. The van der Waals surface area contributed by atoms with Gasteiger partial charge in [-0.2, -0.15) is 8.78 Å². The summed E-state index contributed by atoms with van der Waals surface area (Å²) in [6.45, 7) is 2.16. The van der Waals surface area contributed by atoms with Crippen molar-refractivity contribution in [3.8, 4) is 5.75 Å². The van der Waals surface area contributed by atoms with Gasteiger partial charge in [-0.25, -0.2) is 9.78 Å². The zero-order valence-corrected chi connectivity index (χ0v) is 19.4. The summed E-state index contributed by atoms with van der Waals surface area (Å²) in [4.78, 5) is 30.8. The second-order valence-corrected chi connectivity index (χ2v) is 8.07. The van der Waals surface area contributed by atoms with Crippen LogP contribution in [0.4, 0.5) is 8.78 Å². The maximum Gasteiger partial charge on any atom is 0.387 e. The number of rotatable bonds is 10. The fraction of sp³-hybridized carbons (Fsp3) is 0.348. The normalized spacial score (nSPS) is 11.1. The van der Waals surface area contributed by atoms with Crippen LogP contribution in [0.3, 0.4) is 0 Å². The van der Waals surface area contributed by atoms with Gasteiger partial charge < -0.3 is 18.9 Å². The van der Waals surface area contributed by atoms with Crippen LogP contribution in [0.2, 0.25) is 0 Å². The molecule has 1 amide bonds. The monoisotopic (exact) mass is 477 g/mol. The highest BCUT2D eigenvalue weighted by atomic mass is 32.2. The predicted molar refractivity (Wildman–Crippen MR) is 122 cm³/mol. The number of ether oxygens (including phenoxy) is 2. The summed E-state index contributed by atoms with van der Waals surface area (Å²) in [7, 11) is 1.68. The summed E-state index contributed by atoms with van der Waals surface area (Å²) >= 11 is 1.32. The fourth-order valence-corrected chi connectivity index (χ4v) is 4.26. The van der Waals surface area contributed by atoms with E-state index < -0.39 is 12.6 Å². The molecule has 2 aromatic carbocycles. The Bertz CT molecular complexity index is 1120. The van der Waals surface area contributed by atoms with Gasteiger partial charge in [-0.15, -0.1) is 0 Å². The number of halogens is 2. The molecule has 0 fully saturated rings. The number of thioether (sulfide) groups is 1. The van der Waals surface area contributed by atoms with Crippen LogP contribution in [0.1, 0.15) is 29.8 Å². The van der Waals surface area contributed by atoms with Crippen molar-refractivity contribution < 1.29 is 27.8 Å². The Morgan fingerprint density at radius 3 is 2.52 bits per heavy atom. The predicted octanol–water partition coefficient (Wildman–Crippen LogP) is 4.59. The van der Waals surface area contributed by atoms with Crippen molar-refractivity contribution >= 4 is 34.7 Å². The number of carbonyl (C=O) groups is 2. The molecule has 0 spiro atoms. The molecule has 1 heterocycles. The summed E-state index contributed by atoms with van der Waals surface area (Å²) < 4.78 is 35.9. The van der Waals surface area contributed by atoms with E-state index in [1.165, 1.54) is 23.9 Å². The van der Waals surface area contributed by atoms with Crippen molar-refractivity contribution in [2.45, 2.75) is 38.7 Å². The summed E-state index contributed by atoms with van der Waals surface area (Å²) in [5, 5.41) is 0.684. The molecule has 7 nitrogen and oxygen atoms in total. The number of alkyl halides is 2. The molecule has 10 heteroatoms. The van der Waals surface area contributed by atoms with Crippen molar-refractivity contribution in [1.29, 1.82) is 0 Å². The van der Waals surface area contributed by atoms with E-state index in [4.69, 9.17) is 4.74 Å². The summed E-state index contributed by atoms with van der Waals surface area (Å²) in [5.74, 6) is -0.250. The lowest BCUT2D eigenvalue weighted by molar-refractivity contribution is -0.127. The fourth-order valence-electron chi connectivity index (χ4n) is 3.24. The molecular weight excluding hydrogens is 452 g/mol. The smallest absolute Gasteiger partial charge is 0.387 e. The van der Waals surface area contributed by atoms with E-state index in [-0.39, 0.29) is 17.4 Å². The molecule has 0 unspecified atom stereocenters. The lowest BCUT2D eigenvalue weighted by Crippen LogP contribution is -2.27. The third-order valence-electron chi connectivity index (χ3n) is 4.86. The van der Waals surface area contributed by atoms with Crippen molar-refractivity contribution in [3.63, 3.8) is 0 Å². The molecule has 33 heavy (non-hydrogen) atoms. The van der Waals surface area contributed by atoms with E-state index in [0.717, 1.165) is 11.1 Å². The van der Waals surface area contributed by atoms with Gasteiger partial charge in [0.25, 0.3) is 0 Å². The molecule has 0 aliphatic carbocycles. The molecule has 0 aliphatic heterocycles. The molecule has 3 aromatic rings. The lowest BCUT2D eigenvalue weighted by atomic mass is 10.2. The Morgan fingerprint density at radius 1 is 1.15 bits per heavy atom. The number of esters is 1. The molecule has 0 bridgehead atoms. The van der Waals surface area contributed by atoms with Crippen LogP contribution in [-0.4, -0.2) is 52.3 Å². The molecular formula is C23H25F2N3O4S. The van der Waals surface area contributed by atoms with Crippen molar-refractivity contribution in [2.75, 3.05) is 19.4 Å². The van der Waals surface area contributed by atoms with Crippen molar-refractivity contribution in [3.05, 3.63) is 53.6 Å². The maximum absolute atomic E-state index is 12.6. The topological polar surface area (TPSA) is 73.7 Å². The SMILES string of the molecule is CCOC(=O)c1ccc2c(c1)nc(SCC(=O)N(C)Cc1ccc(OC(F)F)cc1)n2CC. The average Bonchev–Trinajstić information content (AvgIpc) is 3.15. The summed E-state index contributed by atoms with van der Waals surface area (Å²) in [5.41, 5.74) is 2.77. The third kappa shape index (κ3) is 6.22. The molecule has 1 aromatic heterocycles. The first kappa shape index (κ1) is 24.5. The van der Waals surface area contributed by atoms with Crippen LogP contribution in [0.25, 0.3) is 11.0 Å². The third-order valence-corrected chi connectivity index (χ3v) is 5.82. The summed E-state index contributed by atoms with van der Waals surface area (Å²) in [6, 6.07) is 11.4. The molecule has 0 aliphatic rings. The van der Waals surface area contributed by atoms with E-state index in [1.807, 2.05) is 17.6 Å². The highest BCUT2D eigenvalue weighted by Gasteiger charge is 2.16. The van der Waals surface area contributed by atoms with Gasteiger partial charge in [-0.3, -0.25) is 4.79 Å². The number of nitrogens with zero attached hydrogens (tertiary/aromatic N) is 3. The van der Waals surface area contributed by atoms with Gasteiger partial charge in [0.15, 0.2) is 5.16 Å². The number of aromatic nitrogens is 2. The Hall–Kier alpha value is -3.14. The molecule has 0 N–H and O–H groups in total. The number of benzene rings is 2. The van der Waals surface area contributed by atoms with E-state index in [1.54, 1.807) is 43.1 Å². The van der Waals surface area contributed by atoms with Crippen LogP contribution >= 0.6 is 11.8 Å². The Balaban J connectivity index is 1.64. The van der Waals surface area contributed by atoms with Crippen LogP contribution in [0.15, 0.2) is 47.6 Å². The van der Waals surface area contributed by atoms with Gasteiger partial charge in [0.05, 0.1) is 29.0 Å². The number of carbonyl (C=O) groups excluding carboxylic acids is 2. The van der Waals surface area contributed by atoms with E-state index in [2.05, 4.69) is 9.72 Å². The molecule has 0 atom stereocenters. The second kappa shape index (κ2) is 11.1. The zero-order chi connectivity index (χ0) is 24.0. The van der Waals surface area contributed by atoms with Crippen LogP contribution < -0.4 is 4.74 Å². The molecule has 0 saturated heterocycles. The standard InChI is InChI=1S/C23H25F2N3O4S/c1-4-28-19-11-8-16(21(30)31-5-2)12-18(19)26-23(28)33-14-20(29)27(3)13-15-6-9-17(10-7-15)32-22(24)25/h6-12,22H,4-5,13-14H2,1-3H3. The van der Waals surface area contributed by atoms with Gasteiger partial charge in [-0.05, 0) is 49.7 Å². The number of hydrogen-bond acceptors (Lipinski definition) is 6. The van der Waals surface area contributed by atoms with Gasteiger partial charge in [0.1, 0.15) is 5.75 Å². The van der Waals surface area contributed by atoms with Gasteiger partial charge in [-0.1, -0.05) is 23.9 Å². The highest BCUT2D eigenvalue weighted by Crippen LogP contribution is 2.26. The van der Waals surface area contributed by atoms with Gasteiger partial charge in [0, 0.05) is 20.1 Å². The summed E-state index contributed by atoms with van der Waals surface area (Å²) in [6.07, 6.45) is 0. The Morgan fingerprint density at radius 2 is 1.88 bits per heavy atom. The molecule has 176 valence electrons. The van der Waals surface area contributed by atoms with Crippen LogP contribution in [0.5, 0.6) is 5.75 Å². The first-order chi connectivity index (χ1) is 15.8. The highest BCUT2D eigenvalue weighted by molar-refractivity contribution is 7.99. The maximum atomic E-state index is 12.6. The quantitative estimate of drug-likeness (QED) is 0.314. The van der Waals surface area contributed by atoms with E-state index >= 15 is 0 Å². The number of amides is 1. The minimum atomic E-state index is -2.87. The number of imidazole rings is 1. The van der Waals surface area contributed by atoms with Gasteiger partial charge in [0.2, 0.25) is 5.91 Å². The Kier molecular flexibility index (Phi) is 8.26. The van der Waals surface area contributed by atoms with Crippen molar-refractivity contribution in [2.24, 2.45) is 0 Å². The Labute approximate surface area is 194 Å². The minimum absolute atomic E-state index is 0.0721. The first-order valence-electron chi connectivity index (χ1n) is 10.4. The number of aryl methyl sites for hydroxylation is 1. The zero-order valence-electron chi connectivity index (χ0n) is 18.6. The van der Waals surface area contributed by atoms with Crippen LogP contribution in [0, 0.1) is 0 Å². The largest absolute Gasteiger partial charge is 0.462 e. The lowest BCUT2D eigenvalue weighted by Gasteiger charge is -2.17. The number of hydrogen-bond donors (Lipinski definition) is 0. The molecule has 0 radical (unpaired) electrons. The van der Waals surface area contributed by atoms with E-state index in [9.17, 15) is 18.4 Å². The molecule has 3 rings (SSSR count). The van der Waals surface area contributed by atoms with Crippen LogP contribution in [-0.2, 0) is 22.6 Å². The minimum Gasteiger partial charge on any atom is -0.462 e. The average molecular weight is 478 g/mol. The van der Waals surface area contributed by atoms with Gasteiger partial charge >= 0.3 is 12.6 Å².